The topological polar surface area (TPSA) is 122 Å². The number of benzene rings is 1. The molecule has 1 aromatic carbocycles. The highest BCUT2D eigenvalue weighted by atomic mass is 32.1. The van der Waals surface area contributed by atoms with Crippen LogP contribution in [0.3, 0.4) is 0 Å². The van der Waals surface area contributed by atoms with Gasteiger partial charge >= 0.3 is 5.97 Å². The summed E-state index contributed by atoms with van der Waals surface area (Å²) >= 11 is 1.37. The summed E-state index contributed by atoms with van der Waals surface area (Å²) in [6.45, 7) is 0.406. The predicted octanol–water partition coefficient (Wildman–Crippen LogP) is 2.11. The average molecular weight is 404 g/mol. The Labute approximate surface area is 167 Å². The van der Waals surface area contributed by atoms with E-state index in [-0.39, 0.29) is 11.8 Å². The van der Waals surface area contributed by atoms with Crippen LogP contribution in [0, 0.1) is 5.92 Å². The Hall–Kier alpha value is -2.45. The maximum absolute atomic E-state index is 12.8. The molecule has 1 saturated carbocycles. The molecule has 1 aromatic heterocycles. The van der Waals surface area contributed by atoms with Crippen molar-refractivity contribution >= 4 is 39.2 Å². The van der Waals surface area contributed by atoms with Crippen LogP contribution in [0.5, 0.6) is 0 Å². The summed E-state index contributed by atoms with van der Waals surface area (Å²) in [6.07, 6.45) is 2.95. The molecule has 7 nitrogen and oxygen atoms in total. The van der Waals surface area contributed by atoms with Gasteiger partial charge in [0.05, 0.1) is 10.8 Å². The van der Waals surface area contributed by atoms with Gasteiger partial charge in [0.25, 0.3) is 5.91 Å². The Morgan fingerprint density at radius 3 is 2.75 bits per heavy atom. The minimum absolute atomic E-state index is 0.306. The fourth-order valence-corrected chi connectivity index (χ4v) is 4.59. The minimum atomic E-state index is -0.893. The first kappa shape index (κ1) is 20.3. The van der Waals surface area contributed by atoms with Crippen LogP contribution in [-0.2, 0) is 9.59 Å². The third-order valence-corrected chi connectivity index (χ3v) is 6.24. The molecule has 0 radical (unpaired) electrons. The third-order valence-electron chi connectivity index (χ3n) is 5.13. The highest BCUT2D eigenvalue weighted by molar-refractivity contribution is 7.20. The van der Waals surface area contributed by atoms with Gasteiger partial charge in [-0.2, -0.15) is 0 Å². The molecule has 3 atom stereocenters. The first-order valence-electron chi connectivity index (χ1n) is 9.52. The van der Waals surface area contributed by atoms with Crippen LogP contribution in [-0.4, -0.2) is 41.5 Å². The lowest BCUT2D eigenvalue weighted by Gasteiger charge is -2.23. The molecule has 0 bridgehead atoms. The van der Waals surface area contributed by atoms with Crippen LogP contribution < -0.4 is 16.4 Å². The summed E-state index contributed by atoms with van der Waals surface area (Å²) in [4.78, 5) is 37.3. The van der Waals surface area contributed by atoms with Gasteiger partial charge in [0, 0.05) is 10.7 Å². The van der Waals surface area contributed by atoms with Crippen molar-refractivity contribution in [2.45, 2.75) is 44.2 Å². The molecule has 0 spiro atoms. The van der Waals surface area contributed by atoms with Crippen molar-refractivity contribution in [2.24, 2.45) is 11.7 Å². The number of carbonyl (C=O) groups excluding carboxylic acids is 2. The van der Waals surface area contributed by atoms with Crippen molar-refractivity contribution in [2.75, 3.05) is 6.54 Å². The lowest BCUT2D eigenvalue weighted by Crippen LogP contribution is -2.51. The van der Waals surface area contributed by atoms with Gasteiger partial charge in [0.2, 0.25) is 5.91 Å². The molecule has 3 rings (SSSR count). The minimum Gasteiger partial charge on any atom is -0.481 e. The Balaban J connectivity index is 1.69. The normalized spacial score (nSPS) is 20.0. The number of nitrogens with two attached hydrogens (primary N) is 1. The van der Waals surface area contributed by atoms with E-state index in [1.54, 1.807) is 0 Å². The molecule has 5 N–H and O–H groups in total. The fourth-order valence-electron chi connectivity index (χ4n) is 3.63. The predicted molar refractivity (Wildman–Crippen MR) is 108 cm³/mol. The summed E-state index contributed by atoms with van der Waals surface area (Å²) in [5.74, 6) is -2.12. The molecule has 1 aliphatic rings. The molecule has 2 aromatic rings. The van der Waals surface area contributed by atoms with E-state index in [9.17, 15) is 19.5 Å². The SMILES string of the molecule is NCCC[C@H](NC(=O)c1cc2ccccc2s1)C(=O)N[C@H]1CCC[C@H]1C(=O)O. The van der Waals surface area contributed by atoms with Gasteiger partial charge in [0.15, 0.2) is 0 Å². The number of amides is 2. The van der Waals surface area contributed by atoms with Gasteiger partial charge in [-0.25, -0.2) is 0 Å². The number of thiophene rings is 1. The Kier molecular flexibility index (Phi) is 6.64. The van der Waals surface area contributed by atoms with Crippen molar-refractivity contribution in [1.82, 2.24) is 10.6 Å². The average Bonchev–Trinajstić information content (AvgIpc) is 3.31. The number of nitrogens with one attached hydrogen (secondary N) is 2. The summed E-state index contributed by atoms with van der Waals surface area (Å²) in [6, 6.07) is 8.38. The lowest BCUT2D eigenvalue weighted by molar-refractivity contribution is -0.142. The van der Waals surface area contributed by atoms with Gasteiger partial charge in [-0.15, -0.1) is 11.3 Å². The van der Waals surface area contributed by atoms with Crippen molar-refractivity contribution in [1.29, 1.82) is 0 Å². The second kappa shape index (κ2) is 9.16. The molecule has 0 unspecified atom stereocenters. The van der Waals surface area contributed by atoms with E-state index in [1.165, 1.54) is 11.3 Å². The summed E-state index contributed by atoms with van der Waals surface area (Å²) in [5.41, 5.74) is 5.58. The lowest BCUT2D eigenvalue weighted by atomic mass is 10.0. The molecule has 1 aliphatic carbocycles. The maximum atomic E-state index is 12.8. The number of aliphatic carboxylic acids is 1. The number of fused-ring (bicyclic) bond motifs is 1. The van der Waals surface area contributed by atoms with Crippen molar-refractivity contribution < 1.29 is 19.5 Å². The Bertz CT molecular complexity index is 833. The molecule has 0 saturated heterocycles. The highest BCUT2D eigenvalue weighted by Gasteiger charge is 2.35. The fraction of sp³-hybridized carbons (Fsp3) is 0.450. The van der Waals surface area contributed by atoms with E-state index in [2.05, 4.69) is 10.6 Å². The van der Waals surface area contributed by atoms with Crippen LogP contribution in [0.2, 0.25) is 0 Å². The molecule has 150 valence electrons. The smallest absolute Gasteiger partial charge is 0.308 e. The van der Waals surface area contributed by atoms with Crippen LogP contribution in [0.1, 0.15) is 41.8 Å². The third kappa shape index (κ3) is 4.69. The summed E-state index contributed by atoms with van der Waals surface area (Å²) in [5, 5.41) is 15.9. The molecule has 28 heavy (non-hydrogen) atoms. The quantitative estimate of drug-likeness (QED) is 0.538. The maximum Gasteiger partial charge on any atom is 0.308 e. The second-order valence-corrected chi connectivity index (χ2v) is 8.18. The van der Waals surface area contributed by atoms with E-state index in [0.29, 0.717) is 37.1 Å². The van der Waals surface area contributed by atoms with Gasteiger partial charge in [-0.05, 0) is 49.7 Å². The van der Waals surface area contributed by atoms with E-state index in [0.717, 1.165) is 16.5 Å². The van der Waals surface area contributed by atoms with Crippen LogP contribution in [0.25, 0.3) is 10.1 Å². The van der Waals surface area contributed by atoms with Gasteiger partial charge in [-0.3, -0.25) is 14.4 Å². The number of carboxylic acid groups (broad SMARTS) is 1. The van der Waals surface area contributed by atoms with Crippen LogP contribution in [0.4, 0.5) is 0 Å². The highest BCUT2D eigenvalue weighted by Crippen LogP contribution is 2.27. The molecular weight excluding hydrogens is 378 g/mol. The number of carbonyl (C=O) groups is 3. The monoisotopic (exact) mass is 403 g/mol. The van der Waals surface area contributed by atoms with E-state index >= 15 is 0 Å². The summed E-state index contributed by atoms with van der Waals surface area (Å²) in [7, 11) is 0. The van der Waals surface area contributed by atoms with E-state index in [4.69, 9.17) is 5.73 Å². The second-order valence-electron chi connectivity index (χ2n) is 7.10. The first-order chi connectivity index (χ1) is 13.5. The van der Waals surface area contributed by atoms with Crippen molar-refractivity contribution in [3.63, 3.8) is 0 Å². The van der Waals surface area contributed by atoms with E-state index < -0.39 is 24.0 Å². The molecule has 2 amide bonds. The van der Waals surface area contributed by atoms with Crippen molar-refractivity contribution in [3.8, 4) is 0 Å². The van der Waals surface area contributed by atoms with Gasteiger partial charge < -0.3 is 21.5 Å². The number of rotatable bonds is 8. The molecular formula is C20H25N3O4S. The number of hydrogen-bond acceptors (Lipinski definition) is 5. The number of carboxylic acids is 1. The van der Waals surface area contributed by atoms with Crippen LogP contribution in [0.15, 0.2) is 30.3 Å². The molecule has 1 fully saturated rings. The standard InChI is InChI=1S/C20H25N3O4S/c21-10-4-8-15(18(24)22-14-7-3-6-13(14)20(26)27)23-19(25)17-11-12-5-1-2-9-16(12)28-17/h1-2,5,9,11,13-15H,3-4,6-8,10,21H2,(H,22,24)(H,23,25)(H,26,27)/t13-,14+,15+/m1/s1. The molecule has 0 aliphatic heterocycles. The summed E-state index contributed by atoms with van der Waals surface area (Å²) < 4.78 is 1.01. The molecule has 1 heterocycles. The largest absolute Gasteiger partial charge is 0.481 e. The van der Waals surface area contributed by atoms with Crippen LogP contribution >= 0.6 is 11.3 Å². The van der Waals surface area contributed by atoms with E-state index in [1.807, 2.05) is 30.3 Å². The Morgan fingerprint density at radius 1 is 1.25 bits per heavy atom. The van der Waals surface area contributed by atoms with Gasteiger partial charge in [0.1, 0.15) is 6.04 Å². The molecule has 8 heteroatoms. The zero-order valence-electron chi connectivity index (χ0n) is 15.5. The zero-order chi connectivity index (χ0) is 20.1. The van der Waals surface area contributed by atoms with Gasteiger partial charge in [-0.1, -0.05) is 24.6 Å². The first-order valence-corrected chi connectivity index (χ1v) is 10.3. The Morgan fingerprint density at radius 2 is 2.04 bits per heavy atom. The zero-order valence-corrected chi connectivity index (χ0v) is 16.3. The van der Waals surface area contributed by atoms with Crippen molar-refractivity contribution in [3.05, 3.63) is 35.2 Å². The number of hydrogen-bond donors (Lipinski definition) is 4.